The van der Waals surface area contributed by atoms with E-state index in [-0.39, 0.29) is 11.7 Å². The van der Waals surface area contributed by atoms with Crippen molar-refractivity contribution >= 4 is 5.91 Å². The molecule has 0 unspecified atom stereocenters. The number of likely N-dealkylation sites (tertiary alicyclic amines) is 2. The van der Waals surface area contributed by atoms with Gasteiger partial charge < -0.3 is 9.64 Å². The zero-order valence-corrected chi connectivity index (χ0v) is 13.7. The molecule has 1 aromatic carbocycles. The number of carbonyl (C=O) groups excluding carboxylic acids is 1. The van der Waals surface area contributed by atoms with Gasteiger partial charge in [-0.1, -0.05) is 12.1 Å². The molecule has 2 heterocycles. The minimum Gasteiger partial charge on any atom is -0.489 e. The van der Waals surface area contributed by atoms with E-state index in [4.69, 9.17) is 4.74 Å². The summed E-state index contributed by atoms with van der Waals surface area (Å²) < 4.78 is 19.2. The monoisotopic (exact) mass is 320 g/mol. The lowest BCUT2D eigenvalue weighted by Gasteiger charge is -2.34. The first kappa shape index (κ1) is 16.2. The lowest BCUT2D eigenvalue weighted by atomic mass is 10.0. The fraction of sp³-hybridized carbons (Fsp3) is 0.611. The smallest absolute Gasteiger partial charge is 0.219 e. The highest BCUT2D eigenvalue weighted by Crippen LogP contribution is 2.30. The van der Waals surface area contributed by atoms with Gasteiger partial charge in [-0.05, 0) is 44.4 Å². The number of benzene rings is 1. The fourth-order valence-corrected chi connectivity index (χ4v) is 3.98. The maximum Gasteiger partial charge on any atom is 0.219 e. The van der Waals surface area contributed by atoms with Crippen molar-refractivity contribution in [2.24, 2.45) is 0 Å². The number of para-hydroxylation sites is 1. The van der Waals surface area contributed by atoms with Gasteiger partial charge in [-0.25, -0.2) is 4.39 Å². The molecule has 2 fully saturated rings. The normalized spacial score (nSPS) is 25.0. The molecule has 0 spiro atoms. The predicted molar refractivity (Wildman–Crippen MR) is 86.9 cm³/mol. The minimum absolute atomic E-state index is 0.182. The quantitative estimate of drug-likeness (QED) is 0.836. The van der Waals surface area contributed by atoms with E-state index in [0.717, 1.165) is 45.3 Å². The molecule has 2 aliphatic heterocycles. The molecule has 2 atom stereocenters. The largest absolute Gasteiger partial charge is 0.489 e. The Bertz CT molecular complexity index is 552. The Morgan fingerprint density at radius 1 is 1.22 bits per heavy atom. The summed E-state index contributed by atoms with van der Waals surface area (Å²) in [5.41, 5.74) is 0. The molecule has 126 valence electrons. The van der Waals surface area contributed by atoms with Crippen LogP contribution in [0, 0.1) is 5.82 Å². The molecule has 5 heteroatoms. The molecule has 23 heavy (non-hydrogen) atoms. The van der Waals surface area contributed by atoms with Gasteiger partial charge in [-0.3, -0.25) is 9.69 Å². The van der Waals surface area contributed by atoms with Crippen molar-refractivity contribution < 1.29 is 13.9 Å². The van der Waals surface area contributed by atoms with Gasteiger partial charge in [-0.15, -0.1) is 0 Å². The first-order valence-electron chi connectivity index (χ1n) is 8.55. The Hall–Kier alpha value is -1.62. The Balaban J connectivity index is 1.55. The van der Waals surface area contributed by atoms with E-state index in [9.17, 15) is 9.18 Å². The van der Waals surface area contributed by atoms with Gasteiger partial charge in [0.25, 0.3) is 0 Å². The molecule has 2 saturated heterocycles. The summed E-state index contributed by atoms with van der Waals surface area (Å²) in [6.07, 6.45) is 4.48. The molecule has 4 nitrogen and oxygen atoms in total. The molecule has 0 N–H and O–H groups in total. The standard InChI is InChI=1S/C18H25FN2O2/c1-14(22)21-11-5-8-17(21)16-7-4-10-20(16)12-13-23-18-9-3-2-6-15(18)19/h2-3,6,9,16-17H,4-5,7-8,10-13H2,1H3/t16-,17-/m0/s1. The average Bonchev–Trinajstić information content (AvgIpc) is 3.17. The van der Waals surface area contributed by atoms with E-state index in [1.165, 1.54) is 6.07 Å². The van der Waals surface area contributed by atoms with Gasteiger partial charge in [0.05, 0.1) is 0 Å². The van der Waals surface area contributed by atoms with Crippen LogP contribution < -0.4 is 4.74 Å². The third kappa shape index (κ3) is 3.66. The van der Waals surface area contributed by atoms with Gasteiger partial charge in [-0.2, -0.15) is 0 Å². The second kappa shape index (κ2) is 7.30. The summed E-state index contributed by atoms with van der Waals surface area (Å²) >= 11 is 0. The van der Waals surface area contributed by atoms with E-state index < -0.39 is 0 Å². The Morgan fingerprint density at radius 2 is 1.96 bits per heavy atom. The van der Waals surface area contributed by atoms with Gasteiger partial charge in [0.2, 0.25) is 5.91 Å². The van der Waals surface area contributed by atoms with Gasteiger partial charge in [0.1, 0.15) is 6.61 Å². The number of hydrogen-bond donors (Lipinski definition) is 0. The minimum atomic E-state index is -0.316. The van der Waals surface area contributed by atoms with Crippen LogP contribution in [-0.4, -0.2) is 54.0 Å². The maximum atomic E-state index is 13.6. The van der Waals surface area contributed by atoms with Crippen molar-refractivity contribution in [1.82, 2.24) is 9.80 Å². The van der Waals surface area contributed by atoms with E-state index in [1.807, 2.05) is 4.90 Å². The molecule has 0 aliphatic carbocycles. The number of nitrogens with zero attached hydrogens (tertiary/aromatic N) is 2. The molecule has 3 rings (SSSR count). The number of amides is 1. The number of carbonyl (C=O) groups is 1. The van der Waals surface area contributed by atoms with Crippen LogP contribution >= 0.6 is 0 Å². The van der Waals surface area contributed by atoms with Crippen molar-refractivity contribution in [2.75, 3.05) is 26.2 Å². The van der Waals surface area contributed by atoms with Gasteiger partial charge in [0, 0.05) is 32.1 Å². The van der Waals surface area contributed by atoms with Crippen molar-refractivity contribution in [2.45, 2.75) is 44.7 Å². The predicted octanol–water partition coefficient (Wildman–Crippen LogP) is 2.68. The van der Waals surface area contributed by atoms with Crippen molar-refractivity contribution in [3.05, 3.63) is 30.1 Å². The molecule has 0 saturated carbocycles. The zero-order valence-electron chi connectivity index (χ0n) is 13.7. The Kier molecular flexibility index (Phi) is 5.16. The second-order valence-corrected chi connectivity index (χ2v) is 6.45. The lowest BCUT2D eigenvalue weighted by molar-refractivity contribution is -0.130. The number of hydrogen-bond acceptors (Lipinski definition) is 3. The van der Waals surface area contributed by atoms with Crippen LogP contribution in [0.4, 0.5) is 4.39 Å². The molecule has 0 bridgehead atoms. The topological polar surface area (TPSA) is 32.8 Å². The van der Waals surface area contributed by atoms with Crippen LogP contribution in [-0.2, 0) is 4.79 Å². The molecular formula is C18H25FN2O2. The highest BCUT2D eigenvalue weighted by molar-refractivity contribution is 5.74. The van der Waals surface area contributed by atoms with Crippen LogP contribution in [0.2, 0.25) is 0 Å². The van der Waals surface area contributed by atoms with Crippen molar-refractivity contribution in [1.29, 1.82) is 0 Å². The van der Waals surface area contributed by atoms with E-state index in [0.29, 0.717) is 24.4 Å². The summed E-state index contributed by atoms with van der Waals surface area (Å²) in [7, 11) is 0. The highest BCUT2D eigenvalue weighted by atomic mass is 19.1. The maximum absolute atomic E-state index is 13.6. The molecule has 1 amide bonds. The van der Waals surface area contributed by atoms with E-state index in [2.05, 4.69) is 4.90 Å². The summed E-state index contributed by atoms with van der Waals surface area (Å²) in [6, 6.07) is 7.27. The first-order valence-corrected chi connectivity index (χ1v) is 8.55. The van der Waals surface area contributed by atoms with Crippen LogP contribution in [0.5, 0.6) is 5.75 Å². The van der Waals surface area contributed by atoms with Crippen molar-refractivity contribution in [3.63, 3.8) is 0 Å². The second-order valence-electron chi connectivity index (χ2n) is 6.45. The molecule has 0 aromatic heterocycles. The summed E-state index contributed by atoms with van der Waals surface area (Å²) in [5, 5.41) is 0. The van der Waals surface area contributed by atoms with Gasteiger partial charge >= 0.3 is 0 Å². The molecule has 2 aliphatic rings. The number of ether oxygens (including phenoxy) is 1. The van der Waals surface area contributed by atoms with Crippen LogP contribution in [0.15, 0.2) is 24.3 Å². The SMILES string of the molecule is CC(=O)N1CCC[C@H]1[C@@H]1CCCN1CCOc1ccccc1F. The molecule has 0 radical (unpaired) electrons. The Morgan fingerprint density at radius 3 is 2.74 bits per heavy atom. The van der Waals surface area contributed by atoms with Crippen molar-refractivity contribution in [3.8, 4) is 5.75 Å². The number of rotatable bonds is 5. The lowest BCUT2D eigenvalue weighted by Crippen LogP contribution is -2.48. The Labute approximate surface area is 137 Å². The van der Waals surface area contributed by atoms with Gasteiger partial charge in [0.15, 0.2) is 11.6 Å². The third-order valence-electron chi connectivity index (χ3n) is 5.03. The van der Waals surface area contributed by atoms with Crippen LogP contribution in [0.25, 0.3) is 0 Å². The summed E-state index contributed by atoms with van der Waals surface area (Å²) in [4.78, 5) is 16.2. The fourth-order valence-electron chi connectivity index (χ4n) is 3.98. The average molecular weight is 320 g/mol. The first-order chi connectivity index (χ1) is 11.2. The van der Waals surface area contributed by atoms with E-state index >= 15 is 0 Å². The van der Waals surface area contributed by atoms with Crippen LogP contribution in [0.1, 0.15) is 32.6 Å². The molecular weight excluding hydrogens is 295 g/mol. The number of halogens is 1. The third-order valence-corrected chi connectivity index (χ3v) is 5.03. The van der Waals surface area contributed by atoms with E-state index in [1.54, 1.807) is 25.1 Å². The highest BCUT2D eigenvalue weighted by Gasteiger charge is 2.38. The molecule has 1 aromatic rings. The zero-order chi connectivity index (χ0) is 16.2. The van der Waals surface area contributed by atoms with Crippen LogP contribution in [0.3, 0.4) is 0 Å². The summed E-state index contributed by atoms with van der Waals surface area (Å²) in [5.74, 6) is 0.181. The summed E-state index contributed by atoms with van der Waals surface area (Å²) in [6.45, 7) is 4.84.